The van der Waals surface area contributed by atoms with Crippen LogP contribution in [0, 0.1) is 0 Å². The summed E-state index contributed by atoms with van der Waals surface area (Å²) >= 11 is 1.79. The summed E-state index contributed by atoms with van der Waals surface area (Å²) in [6, 6.07) is 53.5. The normalized spacial score (nSPS) is 13.2. The molecule has 1 aliphatic carbocycles. The minimum Gasteiger partial charge on any atom is -0.456 e. The zero-order chi connectivity index (χ0) is 35.3. The third-order valence-corrected chi connectivity index (χ3v) is 12.2. The number of hydrogen-bond donors (Lipinski definition) is 0. The maximum atomic E-state index is 6.46. The summed E-state index contributed by atoms with van der Waals surface area (Å²) in [5, 5.41) is 4.48. The highest BCUT2D eigenvalue weighted by atomic mass is 32.1. The average molecular weight is 698 g/mol. The number of furan rings is 1. The molecule has 0 spiro atoms. The van der Waals surface area contributed by atoms with Gasteiger partial charge in [0.15, 0.2) is 17.5 Å². The Morgan fingerprint density at radius 3 is 2.04 bits per heavy atom. The first-order chi connectivity index (χ1) is 26.0. The van der Waals surface area contributed by atoms with Gasteiger partial charge < -0.3 is 4.42 Å². The average Bonchev–Trinajstić information content (AvgIpc) is 3.85. The van der Waals surface area contributed by atoms with Crippen molar-refractivity contribution in [1.82, 2.24) is 15.0 Å². The number of benzene rings is 7. The van der Waals surface area contributed by atoms with Crippen LogP contribution in [0.2, 0.25) is 0 Å². The molecule has 0 unspecified atom stereocenters. The van der Waals surface area contributed by atoms with Gasteiger partial charge in [0.05, 0.1) is 0 Å². The van der Waals surface area contributed by atoms with Gasteiger partial charge in [-0.05, 0) is 69.8 Å². The SMILES string of the molecule is CC1(C)c2ccccc2-c2ccc(-c3nc(-c4cccc5c4sc4ccccc45)nc(-c4cccc5oc6ccc(-c7ccccc7)cc6c45)n3)cc21. The molecule has 7 aromatic carbocycles. The topological polar surface area (TPSA) is 51.8 Å². The molecular formula is C48H31N3OS. The second-order valence-corrected chi connectivity index (χ2v) is 15.4. The maximum Gasteiger partial charge on any atom is 0.165 e. The van der Waals surface area contributed by atoms with Gasteiger partial charge in [-0.25, -0.2) is 15.0 Å². The largest absolute Gasteiger partial charge is 0.456 e. The van der Waals surface area contributed by atoms with E-state index in [1.54, 1.807) is 11.3 Å². The Kier molecular flexibility index (Phi) is 6.43. The lowest BCUT2D eigenvalue weighted by atomic mass is 9.82. The number of thiophene rings is 1. The van der Waals surface area contributed by atoms with Crippen LogP contribution in [0.1, 0.15) is 25.0 Å². The summed E-state index contributed by atoms with van der Waals surface area (Å²) in [4.78, 5) is 15.9. The van der Waals surface area contributed by atoms with Crippen molar-refractivity contribution in [2.75, 3.05) is 0 Å². The third kappa shape index (κ3) is 4.57. The van der Waals surface area contributed by atoms with Gasteiger partial charge >= 0.3 is 0 Å². The van der Waals surface area contributed by atoms with Gasteiger partial charge in [-0.1, -0.05) is 129 Å². The summed E-state index contributed by atoms with van der Waals surface area (Å²) in [5.74, 6) is 1.91. The van der Waals surface area contributed by atoms with E-state index in [1.807, 2.05) is 18.2 Å². The Labute approximate surface area is 310 Å². The van der Waals surface area contributed by atoms with Crippen molar-refractivity contribution < 1.29 is 4.42 Å². The summed E-state index contributed by atoms with van der Waals surface area (Å²) in [7, 11) is 0. The van der Waals surface area contributed by atoms with Crippen molar-refractivity contribution in [3.8, 4) is 56.4 Å². The van der Waals surface area contributed by atoms with Crippen LogP contribution >= 0.6 is 11.3 Å². The quantitative estimate of drug-likeness (QED) is 0.184. The van der Waals surface area contributed by atoms with Crippen LogP contribution < -0.4 is 0 Å². The molecule has 0 saturated heterocycles. The molecule has 4 nitrogen and oxygen atoms in total. The second-order valence-electron chi connectivity index (χ2n) is 14.4. The molecule has 0 radical (unpaired) electrons. The van der Waals surface area contributed by atoms with E-state index in [0.29, 0.717) is 17.5 Å². The Morgan fingerprint density at radius 1 is 0.453 bits per heavy atom. The van der Waals surface area contributed by atoms with Crippen LogP contribution in [0.3, 0.4) is 0 Å². The first-order valence-electron chi connectivity index (χ1n) is 17.9. The highest BCUT2D eigenvalue weighted by molar-refractivity contribution is 7.26. The van der Waals surface area contributed by atoms with Crippen molar-refractivity contribution in [3.05, 3.63) is 163 Å². The molecule has 0 N–H and O–H groups in total. The summed E-state index contributed by atoms with van der Waals surface area (Å²) in [5.41, 5.74) is 11.8. The first-order valence-corrected chi connectivity index (χ1v) is 18.8. The Balaban J connectivity index is 1.17. The lowest BCUT2D eigenvalue weighted by Crippen LogP contribution is -2.15. The van der Waals surface area contributed by atoms with E-state index in [4.69, 9.17) is 19.4 Å². The minimum atomic E-state index is -0.152. The number of rotatable bonds is 4. The van der Waals surface area contributed by atoms with E-state index in [9.17, 15) is 0 Å². The highest BCUT2D eigenvalue weighted by Gasteiger charge is 2.35. The summed E-state index contributed by atoms with van der Waals surface area (Å²) < 4.78 is 8.87. The molecule has 0 atom stereocenters. The van der Waals surface area contributed by atoms with E-state index < -0.39 is 0 Å². The van der Waals surface area contributed by atoms with Crippen molar-refractivity contribution in [2.45, 2.75) is 19.3 Å². The van der Waals surface area contributed by atoms with Crippen molar-refractivity contribution in [3.63, 3.8) is 0 Å². The molecule has 10 aromatic rings. The van der Waals surface area contributed by atoms with E-state index >= 15 is 0 Å². The van der Waals surface area contributed by atoms with Crippen molar-refractivity contribution >= 4 is 53.4 Å². The monoisotopic (exact) mass is 697 g/mol. The van der Waals surface area contributed by atoms with Gasteiger partial charge in [0.1, 0.15) is 11.2 Å². The van der Waals surface area contributed by atoms with Gasteiger partial charge in [-0.2, -0.15) is 0 Å². The highest BCUT2D eigenvalue weighted by Crippen LogP contribution is 2.49. The van der Waals surface area contributed by atoms with Gasteiger partial charge in [0.25, 0.3) is 0 Å². The lowest BCUT2D eigenvalue weighted by molar-refractivity contribution is 0.660. The fourth-order valence-corrected chi connectivity index (χ4v) is 9.55. The minimum absolute atomic E-state index is 0.152. The molecule has 0 fully saturated rings. The molecule has 3 heterocycles. The Hall–Kier alpha value is -6.43. The molecular weight excluding hydrogens is 667 g/mol. The molecule has 11 rings (SSSR count). The van der Waals surface area contributed by atoms with Crippen LogP contribution in [0.4, 0.5) is 0 Å². The molecule has 0 aliphatic heterocycles. The number of fused-ring (bicyclic) bond motifs is 9. The molecule has 250 valence electrons. The summed E-state index contributed by atoms with van der Waals surface area (Å²) in [6.45, 7) is 4.62. The predicted molar refractivity (Wildman–Crippen MR) is 219 cm³/mol. The molecule has 1 aliphatic rings. The number of aromatic nitrogens is 3. The fraction of sp³-hybridized carbons (Fsp3) is 0.0625. The van der Waals surface area contributed by atoms with E-state index in [2.05, 4.69) is 147 Å². The molecule has 0 saturated carbocycles. The van der Waals surface area contributed by atoms with Crippen molar-refractivity contribution in [1.29, 1.82) is 0 Å². The number of nitrogens with zero attached hydrogens (tertiary/aromatic N) is 3. The Morgan fingerprint density at radius 2 is 1.13 bits per heavy atom. The smallest absolute Gasteiger partial charge is 0.165 e. The molecule has 3 aromatic heterocycles. The third-order valence-electron chi connectivity index (χ3n) is 11.0. The van der Waals surface area contributed by atoms with E-state index in [0.717, 1.165) is 49.8 Å². The van der Waals surface area contributed by atoms with E-state index in [1.165, 1.54) is 42.4 Å². The molecule has 5 heteroatoms. The molecule has 0 amide bonds. The van der Waals surface area contributed by atoms with Gasteiger partial charge in [-0.15, -0.1) is 11.3 Å². The van der Waals surface area contributed by atoms with Gasteiger partial charge in [-0.3, -0.25) is 0 Å². The van der Waals surface area contributed by atoms with Crippen molar-refractivity contribution in [2.24, 2.45) is 0 Å². The van der Waals surface area contributed by atoms with Crippen LogP contribution in [0.5, 0.6) is 0 Å². The first kappa shape index (κ1) is 30.2. The second kappa shape index (κ2) is 11.3. The molecule has 53 heavy (non-hydrogen) atoms. The lowest BCUT2D eigenvalue weighted by Gasteiger charge is -2.21. The van der Waals surface area contributed by atoms with Crippen LogP contribution in [0.15, 0.2) is 156 Å². The van der Waals surface area contributed by atoms with Crippen LogP contribution in [0.25, 0.3) is 98.5 Å². The van der Waals surface area contributed by atoms with E-state index in [-0.39, 0.29) is 5.41 Å². The van der Waals surface area contributed by atoms with Gasteiger partial charge in [0, 0.05) is 53.1 Å². The van der Waals surface area contributed by atoms with Gasteiger partial charge in [0.2, 0.25) is 0 Å². The summed E-state index contributed by atoms with van der Waals surface area (Å²) in [6.07, 6.45) is 0. The van der Waals surface area contributed by atoms with Crippen LogP contribution in [-0.4, -0.2) is 15.0 Å². The Bertz CT molecular complexity index is 3100. The zero-order valence-corrected chi connectivity index (χ0v) is 29.9. The standard InChI is InChI=1S/C48H31N3OS/c1-48(2)38-19-8-6-14-31(38)32-24-22-30(27-39(32)48)45-49-46(51-47(50-45)36-18-10-16-34-33-15-7-9-21-42(33)53-44(34)36)35-17-11-20-41-43(35)37-26-29(23-25-40(37)52-41)28-12-4-3-5-13-28/h3-27H,1-2H3. The number of hydrogen-bond acceptors (Lipinski definition) is 5. The zero-order valence-electron chi connectivity index (χ0n) is 29.1. The van der Waals surface area contributed by atoms with Crippen LogP contribution in [-0.2, 0) is 5.41 Å². The molecule has 0 bridgehead atoms. The predicted octanol–water partition coefficient (Wildman–Crippen LogP) is 13.1. The maximum absolute atomic E-state index is 6.46. The fourth-order valence-electron chi connectivity index (χ4n) is 8.34.